The molecule has 6 nitrogen and oxygen atoms in total. The van der Waals surface area contributed by atoms with E-state index >= 15 is 0 Å². The van der Waals surface area contributed by atoms with Crippen LogP contribution in [-0.2, 0) is 14.9 Å². The van der Waals surface area contributed by atoms with E-state index in [4.69, 9.17) is 16.4 Å². The molecule has 1 aliphatic rings. The molecule has 0 spiro atoms. The van der Waals surface area contributed by atoms with E-state index in [1.807, 2.05) is 0 Å². The number of aromatic nitrogens is 2. The van der Waals surface area contributed by atoms with Crippen LogP contribution in [0.15, 0.2) is 17.3 Å². The summed E-state index contributed by atoms with van der Waals surface area (Å²) in [5.74, 6) is 0. The summed E-state index contributed by atoms with van der Waals surface area (Å²) < 4.78 is 23.5. The highest BCUT2D eigenvalue weighted by Gasteiger charge is 2.21. The Bertz CT molecular complexity index is 471. The largest absolute Gasteiger partial charge is 0.284 e. The molecule has 94 valence electrons. The van der Waals surface area contributed by atoms with Crippen LogP contribution in [0.3, 0.4) is 0 Å². The molecule has 0 saturated heterocycles. The van der Waals surface area contributed by atoms with E-state index in [2.05, 4.69) is 14.9 Å². The van der Waals surface area contributed by atoms with Crippen molar-refractivity contribution in [1.82, 2.24) is 14.9 Å². The lowest BCUT2D eigenvalue weighted by Gasteiger charge is -2.11. The Morgan fingerprint density at radius 2 is 1.88 bits per heavy atom. The van der Waals surface area contributed by atoms with Crippen LogP contribution in [0, 0.1) is 0 Å². The summed E-state index contributed by atoms with van der Waals surface area (Å²) >= 11 is 5.47. The highest BCUT2D eigenvalue weighted by atomic mass is 35.5. The predicted octanol–water partition coefficient (Wildman–Crippen LogP) is 1.28. The third-order valence-corrected chi connectivity index (χ3v) is 3.88. The van der Waals surface area contributed by atoms with E-state index in [9.17, 15) is 8.42 Å². The van der Waals surface area contributed by atoms with E-state index in [0.29, 0.717) is 0 Å². The minimum atomic E-state index is -3.72. The van der Waals surface area contributed by atoms with Gasteiger partial charge in [0.15, 0.2) is 0 Å². The topological polar surface area (TPSA) is 81.2 Å². The summed E-state index contributed by atoms with van der Waals surface area (Å²) in [5, 5.41) is 0.000612. The molecule has 0 atom stereocenters. The zero-order valence-electron chi connectivity index (χ0n) is 8.97. The standard InChI is InChI=1S/C9H12ClN3O3S/c10-9-11-5-8(6-12-9)17(14,15)13-16-7-3-1-2-4-7/h5-7,13H,1-4H2. The first-order chi connectivity index (χ1) is 8.08. The van der Waals surface area contributed by atoms with Crippen molar-refractivity contribution in [3.8, 4) is 0 Å². The van der Waals surface area contributed by atoms with Crippen molar-refractivity contribution >= 4 is 21.6 Å². The lowest BCUT2D eigenvalue weighted by atomic mass is 10.3. The van der Waals surface area contributed by atoms with Crippen LogP contribution in [0.2, 0.25) is 5.28 Å². The van der Waals surface area contributed by atoms with Crippen LogP contribution < -0.4 is 4.89 Å². The quantitative estimate of drug-likeness (QED) is 0.662. The van der Waals surface area contributed by atoms with Gasteiger partial charge in [-0.05, 0) is 24.4 Å². The summed E-state index contributed by atoms with van der Waals surface area (Å²) in [6.45, 7) is 0. The molecule has 1 aliphatic carbocycles. The molecule has 1 heterocycles. The molecular formula is C9H12ClN3O3S. The van der Waals surface area contributed by atoms with Gasteiger partial charge < -0.3 is 0 Å². The third kappa shape index (κ3) is 3.35. The first kappa shape index (κ1) is 12.7. The minimum absolute atomic E-state index is 0.000612. The number of halogens is 1. The minimum Gasteiger partial charge on any atom is -0.284 e. The van der Waals surface area contributed by atoms with Gasteiger partial charge in [-0.15, -0.1) is 0 Å². The molecule has 0 unspecified atom stereocenters. The Kier molecular flexibility index (Phi) is 3.93. The zero-order valence-corrected chi connectivity index (χ0v) is 10.5. The number of nitrogens with one attached hydrogen (secondary N) is 1. The highest BCUT2D eigenvalue weighted by Crippen LogP contribution is 2.20. The Hall–Kier alpha value is -0.760. The molecular weight excluding hydrogens is 266 g/mol. The van der Waals surface area contributed by atoms with Gasteiger partial charge in [0.1, 0.15) is 4.90 Å². The van der Waals surface area contributed by atoms with Crippen molar-refractivity contribution in [2.75, 3.05) is 0 Å². The SMILES string of the molecule is O=S(=O)(NOC1CCCC1)c1cnc(Cl)nc1. The summed E-state index contributed by atoms with van der Waals surface area (Å²) in [6, 6.07) is 0. The second-order valence-electron chi connectivity index (χ2n) is 3.80. The number of hydrogen-bond acceptors (Lipinski definition) is 5. The number of sulfonamides is 1. The zero-order chi connectivity index (χ0) is 12.3. The van der Waals surface area contributed by atoms with Crippen molar-refractivity contribution in [2.24, 2.45) is 0 Å². The lowest BCUT2D eigenvalue weighted by Crippen LogP contribution is -2.28. The van der Waals surface area contributed by atoms with Gasteiger partial charge >= 0.3 is 0 Å². The number of hydrogen-bond donors (Lipinski definition) is 1. The van der Waals surface area contributed by atoms with Crippen LogP contribution in [0.4, 0.5) is 0 Å². The van der Waals surface area contributed by atoms with Crippen molar-refractivity contribution < 1.29 is 13.3 Å². The molecule has 1 fully saturated rings. The maximum Gasteiger partial charge on any atom is 0.265 e. The second kappa shape index (κ2) is 5.26. The first-order valence-electron chi connectivity index (χ1n) is 5.23. The van der Waals surface area contributed by atoms with Crippen LogP contribution >= 0.6 is 11.6 Å². The fourth-order valence-electron chi connectivity index (χ4n) is 1.62. The summed E-state index contributed by atoms with van der Waals surface area (Å²) in [5.41, 5.74) is 0. The summed E-state index contributed by atoms with van der Waals surface area (Å²) in [4.78, 5) is 14.4. The molecule has 1 N–H and O–H groups in total. The maximum absolute atomic E-state index is 11.7. The van der Waals surface area contributed by atoms with E-state index in [-0.39, 0.29) is 16.3 Å². The van der Waals surface area contributed by atoms with Crippen LogP contribution in [-0.4, -0.2) is 24.5 Å². The molecule has 17 heavy (non-hydrogen) atoms. The van der Waals surface area contributed by atoms with Gasteiger partial charge in [-0.3, -0.25) is 4.84 Å². The molecule has 0 amide bonds. The molecule has 0 radical (unpaired) electrons. The van der Waals surface area contributed by atoms with Gasteiger partial charge in [0.2, 0.25) is 5.28 Å². The Morgan fingerprint density at radius 1 is 1.29 bits per heavy atom. The number of rotatable bonds is 4. The Morgan fingerprint density at radius 3 is 2.47 bits per heavy atom. The van der Waals surface area contributed by atoms with E-state index in [1.54, 1.807) is 0 Å². The molecule has 0 aromatic carbocycles. The maximum atomic E-state index is 11.7. The monoisotopic (exact) mass is 277 g/mol. The Balaban J connectivity index is 2.00. The average Bonchev–Trinajstić information content (AvgIpc) is 2.80. The average molecular weight is 278 g/mol. The second-order valence-corrected chi connectivity index (χ2v) is 5.78. The Labute approximate surface area is 104 Å². The van der Waals surface area contributed by atoms with E-state index in [0.717, 1.165) is 38.1 Å². The number of nitrogens with zero attached hydrogens (tertiary/aromatic N) is 2. The molecule has 1 saturated carbocycles. The smallest absolute Gasteiger partial charge is 0.265 e. The molecule has 0 bridgehead atoms. The molecule has 2 rings (SSSR count). The van der Waals surface area contributed by atoms with Crippen molar-refractivity contribution in [1.29, 1.82) is 0 Å². The van der Waals surface area contributed by atoms with Gasteiger partial charge in [0.05, 0.1) is 18.5 Å². The molecule has 1 aromatic heterocycles. The van der Waals surface area contributed by atoms with Crippen LogP contribution in [0.25, 0.3) is 0 Å². The van der Waals surface area contributed by atoms with Gasteiger partial charge in [-0.2, -0.15) is 0 Å². The third-order valence-electron chi connectivity index (χ3n) is 2.53. The van der Waals surface area contributed by atoms with Crippen molar-refractivity contribution in [2.45, 2.75) is 36.7 Å². The van der Waals surface area contributed by atoms with E-state index < -0.39 is 10.0 Å². The predicted molar refractivity (Wildman–Crippen MR) is 60.7 cm³/mol. The fourth-order valence-corrected chi connectivity index (χ4v) is 2.46. The van der Waals surface area contributed by atoms with Crippen LogP contribution in [0.5, 0.6) is 0 Å². The summed E-state index contributed by atoms with van der Waals surface area (Å²) in [7, 11) is -3.72. The van der Waals surface area contributed by atoms with Crippen molar-refractivity contribution in [3.05, 3.63) is 17.7 Å². The lowest BCUT2D eigenvalue weighted by molar-refractivity contribution is 0.0223. The molecule has 8 heteroatoms. The molecule has 1 aromatic rings. The van der Waals surface area contributed by atoms with Crippen molar-refractivity contribution in [3.63, 3.8) is 0 Å². The highest BCUT2D eigenvalue weighted by molar-refractivity contribution is 7.89. The van der Waals surface area contributed by atoms with Gasteiger partial charge in [0, 0.05) is 0 Å². The van der Waals surface area contributed by atoms with Gasteiger partial charge in [-0.1, -0.05) is 17.7 Å². The summed E-state index contributed by atoms with van der Waals surface area (Å²) in [6.07, 6.45) is 6.11. The van der Waals surface area contributed by atoms with E-state index in [1.165, 1.54) is 0 Å². The van der Waals surface area contributed by atoms with Gasteiger partial charge in [-0.25, -0.2) is 18.4 Å². The molecule has 0 aliphatic heterocycles. The fraction of sp³-hybridized carbons (Fsp3) is 0.556. The van der Waals surface area contributed by atoms with Gasteiger partial charge in [0.25, 0.3) is 10.0 Å². The van der Waals surface area contributed by atoms with Crippen LogP contribution in [0.1, 0.15) is 25.7 Å². The normalized spacial score (nSPS) is 17.5. The first-order valence-corrected chi connectivity index (χ1v) is 7.09.